The molecule has 0 bridgehead atoms. The van der Waals surface area contributed by atoms with Crippen LogP contribution in [-0.4, -0.2) is 25.9 Å². The number of aryl methyl sites for hydroxylation is 1. The van der Waals surface area contributed by atoms with Crippen LogP contribution in [-0.2, 0) is 0 Å². The minimum Gasteiger partial charge on any atom is -0.496 e. The van der Waals surface area contributed by atoms with E-state index in [1.54, 1.807) is 14.2 Å². The molecule has 0 radical (unpaired) electrons. The normalized spacial score (nSPS) is 9.96. The molecule has 0 aliphatic rings. The number of rotatable bonds is 5. The van der Waals surface area contributed by atoms with Gasteiger partial charge in [0.15, 0.2) is 0 Å². The first-order valence-electron chi connectivity index (χ1n) is 8.14. The molecule has 0 heterocycles. The summed E-state index contributed by atoms with van der Waals surface area (Å²) in [5.41, 5.74) is 5.95. The third kappa shape index (κ3) is 4.23. The zero-order chi connectivity index (χ0) is 18.4. The lowest BCUT2D eigenvalue weighted by atomic mass is 9.94. The largest absolute Gasteiger partial charge is 0.496 e. The van der Waals surface area contributed by atoms with Crippen LogP contribution in [0.15, 0.2) is 36.9 Å². The summed E-state index contributed by atoms with van der Waals surface area (Å²) in [7, 11) is 3.30. The molecular weight excluding hydrogens is 312 g/mol. The van der Waals surface area contributed by atoms with Crippen molar-refractivity contribution in [3.05, 3.63) is 64.7 Å². The topological polar surface area (TPSA) is 38.7 Å². The summed E-state index contributed by atoms with van der Waals surface area (Å²) in [4.78, 5) is 0. The highest BCUT2D eigenvalue weighted by molar-refractivity contribution is 5.80. The van der Waals surface area contributed by atoms with Gasteiger partial charge in [-0.25, -0.2) is 0 Å². The number of ether oxygens (including phenoxy) is 2. The molecule has 3 heteroatoms. The Morgan fingerprint density at radius 1 is 1.04 bits per heavy atom. The van der Waals surface area contributed by atoms with E-state index in [0.29, 0.717) is 12.2 Å². The van der Waals surface area contributed by atoms with E-state index in [-0.39, 0.29) is 6.61 Å². The number of aliphatic hydroxyl groups excluding tert-OH is 1. The standard InChI is InChI=1S/C22H24O3/c1-15-12-20(14-22(25-5)16(15)2)17(3)18-9-10-21(24-4)19(13-18)8-6-7-11-23/h9-10,12-14,23H,3,7,11H2,1-2,4-5H3. The van der Waals surface area contributed by atoms with Crippen molar-refractivity contribution >= 4 is 5.57 Å². The molecule has 2 rings (SSSR count). The average Bonchev–Trinajstić information content (AvgIpc) is 2.63. The van der Waals surface area contributed by atoms with Gasteiger partial charge in [-0.2, -0.15) is 0 Å². The third-order valence-corrected chi connectivity index (χ3v) is 4.20. The van der Waals surface area contributed by atoms with Crippen LogP contribution in [0.25, 0.3) is 5.57 Å². The first-order valence-corrected chi connectivity index (χ1v) is 8.14. The Balaban J connectivity index is 2.45. The van der Waals surface area contributed by atoms with E-state index < -0.39 is 0 Å². The molecule has 0 amide bonds. The molecule has 0 saturated heterocycles. The number of aliphatic hydroxyl groups is 1. The van der Waals surface area contributed by atoms with E-state index in [2.05, 4.69) is 31.4 Å². The number of benzene rings is 2. The van der Waals surface area contributed by atoms with Crippen LogP contribution < -0.4 is 9.47 Å². The molecule has 1 N–H and O–H groups in total. The van der Waals surface area contributed by atoms with Gasteiger partial charge >= 0.3 is 0 Å². The molecule has 0 fully saturated rings. The van der Waals surface area contributed by atoms with Crippen molar-refractivity contribution in [2.45, 2.75) is 20.3 Å². The van der Waals surface area contributed by atoms with Crippen LogP contribution in [0.1, 0.15) is 34.2 Å². The minimum absolute atomic E-state index is 0.0458. The lowest BCUT2D eigenvalue weighted by molar-refractivity contribution is 0.305. The summed E-state index contributed by atoms with van der Waals surface area (Å²) in [6.07, 6.45) is 0.433. The quantitative estimate of drug-likeness (QED) is 0.835. The van der Waals surface area contributed by atoms with Crippen LogP contribution >= 0.6 is 0 Å². The van der Waals surface area contributed by atoms with Gasteiger partial charge in [0.05, 0.1) is 26.4 Å². The van der Waals surface area contributed by atoms with Gasteiger partial charge < -0.3 is 14.6 Å². The maximum absolute atomic E-state index is 8.90. The van der Waals surface area contributed by atoms with E-state index in [1.165, 1.54) is 0 Å². The summed E-state index contributed by atoms with van der Waals surface area (Å²) in [6, 6.07) is 9.95. The number of hydrogen-bond donors (Lipinski definition) is 1. The molecule has 0 saturated carbocycles. The van der Waals surface area contributed by atoms with Gasteiger partial charge in [-0.15, -0.1) is 0 Å². The van der Waals surface area contributed by atoms with Gasteiger partial charge in [0.1, 0.15) is 11.5 Å². The highest BCUT2D eigenvalue weighted by Crippen LogP contribution is 2.31. The second-order valence-electron chi connectivity index (χ2n) is 5.79. The lowest BCUT2D eigenvalue weighted by Gasteiger charge is -2.14. The summed E-state index contributed by atoms with van der Waals surface area (Å²) >= 11 is 0. The van der Waals surface area contributed by atoms with E-state index in [1.807, 2.05) is 31.2 Å². The van der Waals surface area contributed by atoms with E-state index >= 15 is 0 Å². The van der Waals surface area contributed by atoms with Crippen molar-refractivity contribution < 1.29 is 14.6 Å². The zero-order valence-corrected chi connectivity index (χ0v) is 15.3. The predicted octanol–water partition coefficient (Wildman–Crippen LogP) is 4.12. The van der Waals surface area contributed by atoms with Gasteiger partial charge in [-0.05, 0) is 59.9 Å². The fourth-order valence-corrected chi connectivity index (χ4v) is 2.59. The fraction of sp³-hybridized carbons (Fsp3) is 0.273. The highest BCUT2D eigenvalue weighted by atomic mass is 16.5. The second-order valence-corrected chi connectivity index (χ2v) is 5.79. The minimum atomic E-state index is 0.0458. The van der Waals surface area contributed by atoms with Crippen molar-refractivity contribution in [3.8, 4) is 23.3 Å². The Hall–Kier alpha value is -2.70. The van der Waals surface area contributed by atoms with Gasteiger partial charge in [-0.3, -0.25) is 0 Å². The first-order chi connectivity index (χ1) is 12.0. The molecule has 25 heavy (non-hydrogen) atoms. The van der Waals surface area contributed by atoms with Crippen LogP contribution in [0.2, 0.25) is 0 Å². The van der Waals surface area contributed by atoms with Gasteiger partial charge in [0, 0.05) is 6.42 Å². The van der Waals surface area contributed by atoms with E-state index in [9.17, 15) is 0 Å². The lowest BCUT2D eigenvalue weighted by Crippen LogP contribution is -1.96. The van der Waals surface area contributed by atoms with Crippen LogP contribution in [0.4, 0.5) is 0 Å². The highest BCUT2D eigenvalue weighted by Gasteiger charge is 2.10. The predicted molar refractivity (Wildman–Crippen MR) is 102 cm³/mol. The summed E-state index contributed by atoms with van der Waals surface area (Å²) in [6.45, 7) is 8.40. The van der Waals surface area contributed by atoms with Gasteiger partial charge in [0.25, 0.3) is 0 Å². The molecule has 0 aliphatic heterocycles. The van der Waals surface area contributed by atoms with E-state index in [4.69, 9.17) is 14.6 Å². The summed E-state index contributed by atoms with van der Waals surface area (Å²) in [5.74, 6) is 7.55. The third-order valence-electron chi connectivity index (χ3n) is 4.20. The Morgan fingerprint density at radius 2 is 1.76 bits per heavy atom. The molecule has 0 unspecified atom stereocenters. The number of methoxy groups -OCH3 is 2. The molecule has 0 spiro atoms. The van der Waals surface area contributed by atoms with E-state index in [0.717, 1.165) is 39.1 Å². The Labute approximate surface area is 149 Å². The molecule has 0 aliphatic carbocycles. The monoisotopic (exact) mass is 336 g/mol. The van der Waals surface area contributed by atoms with Crippen molar-refractivity contribution in [1.82, 2.24) is 0 Å². The molecule has 0 aromatic heterocycles. The van der Waals surface area contributed by atoms with Crippen molar-refractivity contribution in [2.75, 3.05) is 20.8 Å². The molecule has 0 atom stereocenters. The van der Waals surface area contributed by atoms with Crippen LogP contribution in [0.3, 0.4) is 0 Å². The zero-order valence-electron chi connectivity index (χ0n) is 15.3. The van der Waals surface area contributed by atoms with Crippen molar-refractivity contribution in [3.63, 3.8) is 0 Å². The smallest absolute Gasteiger partial charge is 0.134 e. The average molecular weight is 336 g/mol. The summed E-state index contributed by atoms with van der Waals surface area (Å²) in [5, 5.41) is 8.90. The molecule has 130 valence electrons. The maximum Gasteiger partial charge on any atom is 0.134 e. The Bertz CT molecular complexity index is 838. The number of hydrogen-bond acceptors (Lipinski definition) is 3. The fourth-order valence-electron chi connectivity index (χ4n) is 2.59. The maximum atomic E-state index is 8.90. The molecular formula is C22H24O3. The van der Waals surface area contributed by atoms with Gasteiger partial charge in [-0.1, -0.05) is 30.6 Å². The first kappa shape index (κ1) is 18.6. The van der Waals surface area contributed by atoms with Crippen LogP contribution in [0.5, 0.6) is 11.5 Å². The van der Waals surface area contributed by atoms with Crippen molar-refractivity contribution in [2.24, 2.45) is 0 Å². The Kier molecular flexibility index (Phi) is 6.27. The summed E-state index contributed by atoms with van der Waals surface area (Å²) < 4.78 is 10.8. The SMILES string of the molecule is C=C(c1ccc(OC)c(C#CCCO)c1)c1cc(C)c(C)c(OC)c1. The molecule has 2 aromatic carbocycles. The van der Waals surface area contributed by atoms with Gasteiger partial charge in [0.2, 0.25) is 0 Å². The van der Waals surface area contributed by atoms with Crippen molar-refractivity contribution in [1.29, 1.82) is 0 Å². The molecule has 2 aromatic rings. The Morgan fingerprint density at radius 3 is 2.40 bits per heavy atom. The molecule has 3 nitrogen and oxygen atoms in total. The van der Waals surface area contributed by atoms with Crippen LogP contribution in [0, 0.1) is 25.7 Å². The second kappa shape index (κ2) is 8.41.